The van der Waals surface area contributed by atoms with E-state index in [1.54, 1.807) is 12.1 Å². The lowest BCUT2D eigenvalue weighted by Gasteiger charge is -2.09. The van der Waals surface area contributed by atoms with E-state index in [4.69, 9.17) is 4.74 Å². The summed E-state index contributed by atoms with van der Waals surface area (Å²) >= 11 is 0. The van der Waals surface area contributed by atoms with Crippen molar-refractivity contribution in [2.75, 3.05) is 6.61 Å². The van der Waals surface area contributed by atoms with Crippen molar-refractivity contribution < 1.29 is 24.5 Å². The van der Waals surface area contributed by atoms with Crippen LogP contribution in [0.4, 0.5) is 0 Å². The molecule has 5 heteroatoms. The predicted molar refractivity (Wildman–Crippen MR) is 80.6 cm³/mol. The number of para-hydroxylation sites is 1. The Morgan fingerprint density at radius 2 is 1.82 bits per heavy atom. The van der Waals surface area contributed by atoms with Gasteiger partial charge in [0.05, 0.1) is 11.1 Å². The first kappa shape index (κ1) is 15.3. The van der Waals surface area contributed by atoms with Crippen molar-refractivity contribution in [2.45, 2.75) is 0 Å². The highest BCUT2D eigenvalue weighted by atomic mass is 16.5. The highest BCUT2D eigenvalue weighted by Gasteiger charge is 2.20. The molecule has 0 aliphatic carbocycles. The molecule has 0 atom stereocenters. The molecule has 0 aromatic heterocycles. The quantitative estimate of drug-likeness (QED) is 0.633. The minimum Gasteiger partial charge on any atom is -0.507 e. The third-order valence-electron chi connectivity index (χ3n) is 2.98. The number of aromatic hydroxyl groups is 1. The van der Waals surface area contributed by atoms with Crippen LogP contribution in [0.25, 0.3) is 0 Å². The summed E-state index contributed by atoms with van der Waals surface area (Å²) in [6, 6.07) is 10.1. The van der Waals surface area contributed by atoms with E-state index in [1.807, 2.05) is 0 Å². The van der Waals surface area contributed by atoms with Gasteiger partial charge in [0.25, 0.3) is 0 Å². The van der Waals surface area contributed by atoms with Crippen molar-refractivity contribution in [1.82, 2.24) is 0 Å². The van der Waals surface area contributed by atoms with E-state index in [-0.39, 0.29) is 29.0 Å². The highest BCUT2D eigenvalue weighted by Crippen LogP contribution is 2.24. The number of rotatable bonds is 6. The molecule has 0 aliphatic rings. The Bertz CT molecular complexity index is 734. The molecule has 2 rings (SSSR count). The first-order valence-electron chi connectivity index (χ1n) is 6.48. The third kappa shape index (κ3) is 3.15. The normalized spacial score (nSPS) is 10.0. The molecule has 112 valence electrons. The lowest BCUT2D eigenvalue weighted by molar-refractivity contribution is 0.0692. The smallest absolute Gasteiger partial charge is 0.336 e. The van der Waals surface area contributed by atoms with Crippen molar-refractivity contribution in [3.05, 3.63) is 71.8 Å². The van der Waals surface area contributed by atoms with E-state index in [0.717, 1.165) is 0 Å². The van der Waals surface area contributed by atoms with E-state index < -0.39 is 11.8 Å². The van der Waals surface area contributed by atoms with Gasteiger partial charge in [-0.1, -0.05) is 24.8 Å². The zero-order chi connectivity index (χ0) is 16.1. The first-order valence-corrected chi connectivity index (χ1v) is 6.48. The van der Waals surface area contributed by atoms with E-state index >= 15 is 0 Å². The number of benzene rings is 2. The summed E-state index contributed by atoms with van der Waals surface area (Å²) in [5.74, 6) is -1.68. The van der Waals surface area contributed by atoms with Crippen LogP contribution in [-0.2, 0) is 0 Å². The molecule has 2 aromatic rings. The summed E-state index contributed by atoms with van der Waals surface area (Å²) in [5, 5.41) is 19.0. The molecule has 0 fully saturated rings. The number of hydrogen-bond acceptors (Lipinski definition) is 4. The number of hydrogen-bond donors (Lipinski definition) is 2. The molecule has 0 radical (unpaired) electrons. The molecule has 0 bridgehead atoms. The third-order valence-corrected chi connectivity index (χ3v) is 2.98. The Morgan fingerprint density at radius 1 is 1.09 bits per heavy atom. The number of aromatic carboxylic acids is 1. The minimum absolute atomic E-state index is 0.0139. The Balaban J connectivity index is 2.46. The van der Waals surface area contributed by atoms with Gasteiger partial charge in [0.15, 0.2) is 5.78 Å². The zero-order valence-electron chi connectivity index (χ0n) is 11.7. The summed E-state index contributed by atoms with van der Waals surface area (Å²) in [7, 11) is 0. The number of ether oxygens (including phenoxy) is 1. The summed E-state index contributed by atoms with van der Waals surface area (Å²) in [5.41, 5.74) is -0.153. The number of carboxylic acids is 1. The van der Waals surface area contributed by atoms with E-state index in [2.05, 4.69) is 6.58 Å². The molecule has 22 heavy (non-hydrogen) atoms. The molecule has 0 spiro atoms. The van der Waals surface area contributed by atoms with Crippen molar-refractivity contribution >= 4 is 11.8 Å². The average molecular weight is 298 g/mol. The van der Waals surface area contributed by atoms with Crippen LogP contribution >= 0.6 is 0 Å². The number of phenols is 1. The zero-order valence-corrected chi connectivity index (χ0v) is 11.7. The maximum absolute atomic E-state index is 12.4. The summed E-state index contributed by atoms with van der Waals surface area (Å²) in [6.07, 6.45) is 1.53. The molecule has 2 N–H and O–H groups in total. The molecular weight excluding hydrogens is 284 g/mol. The van der Waals surface area contributed by atoms with Crippen molar-refractivity contribution in [2.24, 2.45) is 0 Å². The lowest BCUT2D eigenvalue weighted by atomic mass is 9.97. The standard InChI is InChI=1S/C17H14O5/c1-2-9-22-11-7-8-12(14(10-11)17(20)21)16(19)13-5-3-4-6-15(13)18/h2-8,10,18H,1,9H2,(H,20,21). The fourth-order valence-corrected chi connectivity index (χ4v) is 1.95. The Kier molecular flexibility index (Phi) is 4.58. The molecule has 2 aromatic carbocycles. The summed E-state index contributed by atoms with van der Waals surface area (Å²) in [6.45, 7) is 3.73. The molecule has 0 amide bonds. The molecule has 0 saturated heterocycles. The second kappa shape index (κ2) is 6.58. The first-order chi connectivity index (χ1) is 10.5. The van der Waals surface area contributed by atoms with E-state index in [0.29, 0.717) is 5.75 Å². The summed E-state index contributed by atoms with van der Waals surface area (Å²) < 4.78 is 5.27. The van der Waals surface area contributed by atoms with Gasteiger partial charge in [0.1, 0.15) is 18.1 Å². The van der Waals surface area contributed by atoms with Crippen molar-refractivity contribution in [3.8, 4) is 11.5 Å². The van der Waals surface area contributed by atoms with Gasteiger partial charge in [-0.15, -0.1) is 0 Å². The van der Waals surface area contributed by atoms with Crippen LogP contribution in [0.1, 0.15) is 26.3 Å². The van der Waals surface area contributed by atoms with Crippen LogP contribution in [0.2, 0.25) is 0 Å². The monoisotopic (exact) mass is 298 g/mol. The largest absolute Gasteiger partial charge is 0.507 e. The number of ketones is 1. The molecule has 0 heterocycles. The second-order valence-corrected chi connectivity index (χ2v) is 4.46. The van der Waals surface area contributed by atoms with Gasteiger partial charge in [-0.25, -0.2) is 4.79 Å². The van der Waals surface area contributed by atoms with Gasteiger partial charge in [-0.2, -0.15) is 0 Å². The van der Waals surface area contributed by atoms with Crippen molar-refractivity contribution in [1.29, 1.82) is 0 Å². The van der Waals surface area contributed by atoms with Crippen LogP contribution in [0.5, 0.6) is 11.5 Å². The van der Waals surface area contributed by atoms with Gasteiger partial charge < -0.3 is 14.9 Å². The Labute approximate surface area is 127 Å². The van der Waals surface area contributed by atoms with Gasteiger partial charge in [0, 0.05) is 5.56 Å². The number of carbonyl (C=O) groups is 2. The number of carbonyl (C=O) groups excluding carboxylic acids is 1. The van der Waals surface area contributed by atoms with Crippen LogP contribution in [-0.4, -0.2) is 28.6 Å². The molecule has 0 unspecified atom stereocenters. The van der Waals surface area contributed by atoms with E-state index in [1.165, 1.54) is 36.4 Å². The lowest BCUT2D eigenvalue weighted by Crippen LogP contribution is -2.10. The maximum atomic E-state index is 12.4. The van der Waals surface area contributed by atoms with Crippen LogP contribution < -0.4 is 4.74 Å². The van der Waals surface area contributed by atoms with Crippen LogP contribution in [0.15, 0.2) is 55.1 Å². The predicted octanol–water partition coefficient (Wildman–Crippen LogP) is 2.89. The molecule has 5 nitrogen and oxygen atoms in total. The molecule has 0 saturated carbocycles. The maximum Gasteiger partial charge on any atom is 0.336 e. The van der Waals surface area contributed by atoms with Gasteiger partial charge in [-0.3, -0.25) is 4.79 Å². The Hall–Kier alpha value is -3.08. The molecular formula is C17H14O5. The van der Waals surface area contributed by atoms with E-state index in [9.17, 15) is 19.8 Å². The van der Waals surface area contributed by atoms with Crippen LogP contribution in [0.3, 0.4) is 0 Å². The fourth-order valence-electron chi connectivity index (χ4n) is 1.95. The highest BCUT2D eigenvalue weighted by molar-refractivity contribution is 6.15. The minimum atomic E-state index is -1.25. The average Bonchev–Trinajstić information content (AvgIpc) is 2.52. The second-order valence-electron chi connectivity index (χ2n) is 4.46. The SMILES string of the molecule is C=CCOc1ccc(C(=O)c2ccccc2O)c(C(=O)O)c1. The summed E-state index contributed by atoms with van der Waals surface area (Å²) in [4.78, 5) is 23.8. The van der Waals surface area contributed by atoms with Crippen LogP contribution in [0, 0.1) is 0 Å². The van der Waals surface area contributed by atoms with Gasteiger partial charge in [0.2, 0.25) is 0 Å². The molecule has 0 aliphatic heterocycles. The fraction of sp³-hybridized carbons (Fsp3) is 0.0588. The van der Waals surface area contributed by atoms with Crippen molar-refractivity contribution in [3.63, 3.8) is 0 Å². The van der Waals surface area contributed by atoms with Gasteiger partial charge in [-0.05, 0) is 30.3 Å². The van der Waals surface area contributed by atoms with Gasteiger partial charge >= 0.3 is 5.97 Å². The number of carboxylic acid groups (broad SMARTS) is 1. The number of phenolic OH excluding ortho intramolecular Hbond substituents is 1. The topological polar surface area (TPSA) is 83.8 Å². The Morgan fingerprint density at radius 3 is 2.45 bits per heavy atom.